The molecular formula is C17H11F3N4O2. The molecule has 132 valence electrons. The zero-order chi connectivity index (χ0) is 18.7. The molecule has 0 aliphatic heterocycles. The van der Waals surface area contributed by atoms with E-state index in [0.717, 1.165) is 18.3 Å². The minimum absolute atomic E-state index is 0.0543. The number of rotatable bonds is 3. The number of carbonyl (C=O) groups is 1. The lowest BCUT2D eigenvalue weighted by molar-refractivity contribution is -0.137. The number of hydrogen-bond donors (Lipinski definition) is 2. The van der Waals surface area contributed by atoms with Gasteiger partial charge < -0.3 is 0 Å². The molecule has 1 aromatic heterocycles. The Hall–Kier alpha value is -3.49. The molecule has 3 aromatic rings. The molecule has 0 saturated heterocycles. The second-order valence-corrected chi connectivity index (χ2v) is 5.27. The Morgan fingerprint density at radius 3 is 2.58 bits per heavy atom. The third-order valence-corrected chi connectivity index (χ3v) is 3.50. The van der Waals surface area contributed by atoms with Crippen molar-refractivity contribution < 1.29 is 18.0 Å². The lowest BCUT2D eigenvalue weighted by Crippen LogP contribution is -2.22. The maximum atomic E-state index is 12.7. The normalized spacial score (nSPS) is 11.8. The fourth-order valence-electron chi connectivity index (χ4n) is 2.30. The van der Waals surface area contributed by atoms with E-state index in [1.54, 1.807) is 24.3 Å². The molecule has 9 heteroatoms. The summed E-state index contributed by atoms with van der Waals surface area (Å²) in [6.45, 7) is 0. The summed E-state index contributed by atoms with van der Waals surface area (Å²) >= 11 is 0. The van der Waals surface area contributed by atoms with Gasteiger partial charge in [0.1, 0.15) is 0 Å². The van der Waals surface area contributed by atoms with Gasteiger partial charge in [-0.1, -0.05) is 30.3 Å². The summed E-state index contributed by atoms with van der Waals surface area (Å²) < 4.78 is 38.0. The average Bonchev–Trinajstić information content (AvgIpc) is 2.62. The van der Waals surface area contributed by atoms with Gasteiger partial charge in [-0.15, -0.1) is 0 Å². The van der Waals surface area contributed by atoms with Crippen LogP contribution >= 0.6 is 0 Å². The van der Waals surface area contributed by atoms with Crippen LogP contribution in [0.15, 0.2) is 58.4 Å². The summed E-state index contributed by atoms with van der Waals surface area (Å²) in [5, 5.41) is 10.2. The Morgan fingerprint density at radius 1 is 1.12 bits per heavy atom. The van der Waals surface area contributed by atoms with E-state index in [-0.39, 0.29) is 16.6 Å². The maximum Gasteiger partial charge on any atom is 0.416 e. The van der Waals surface area contributed by atoms with E-state index >= 15 is 0 Å². The van der Waals surface area contributed by atoms with Gasteiger partial charge in [0.2, 0.25) is 0 Å². The predicted molar refractivity (Wildman–Crippen MR) is 88.9 cm³/mol. The number of nitrogens with one attached hydrogen (secondary N) is 2. The predicted octanol–water partition coefficient (Wildman–Crippen LogP) is 2.71. The van der Waals surface area contributed by atoms with Gasteiger partial charge in [0, 0.05) is 5.39 Å². The molecule has 3 rings (SSSR count). The fraction of sp³-hybridized carbons (Fsp3) is 0.0588. The van der Waals surface area contributed by atoms with Crippen molar-refractivity contribution in [3.63, 3.8) is 0 Å². The topological polar surface area (TPSA) is 87.2 Å². The van der Waals surface area contributed by atoms with Crippen LogP contribution in [0.2, 0.25) is 0 Å². The van der Waals surface area contributed by atoms with E-state index in [1.807, 2.05) is 0 Å². The largest absolute Gasteiger partial charge is 0.416 e. The Morgan fingerprint density at radius 2 is 1.85 bits per heavy atom. The van der Waals surface area contributed by atoms with Crippen LogP contribution in [-0.4, -0.2) is 22.3 Å². The third-order valence-electron chi connectivity index (χ3n) is 3.50. The van der Waals surface area contributed by atoms with Crippen molar-refractivity contribution >= 4 is 22.9 Å². The quantitative estimate of drug-likeness (QED) is 0.556. The molecule has 0 atom stereocenters. The van der Waals surface area contributed by atoms with Crippen LogP contribution < -0.4 is 11.0 Å². The highest BCUT2D eigenvalue weighted by Crippen LogP contribution is 2.29. The second kappa shape index (κ2) is 6.79. The van der Waals surface area contributed by atoms with Crippen molar-refractivity contribution in [2.24, 2.45) is 5.10 Å². The van der Waals surface area contributed by atoms with Crippen LogP contribution in [0.5, 0.6) is 0 Å². The third kappa shape index (κ3) is 3.61. The number of hydrogen-bond acceptors (Lipinski definition) is 4. The molecule has 2 N–H and O–H groups in total. The SMILES string of the molecule is O=C(N/N=C/c1cccc(C(F)(F)F)c1)c1n[nH]c(=O)c2ccccc12. The maximum absolute atomic E-state index is 12.7. The highest BCUT2D eigenvalue weighted by molar-refractivity contribution is 6.04. The van der Waals surface area contributed by atoms with Crippen molar-refractivity contribution in [2.45, 2.75) is 6.18 Å². The molecule has 6 nitrogen and oxygen atoms in total. The smallest absolute Gasteiger partial charge is 0.267 e. The number of carbonyl (C=O) groups excluding carboxylic acids is 1. The van der Waals surface area contributed by atoms with Crippen LogP contribution in [-0.2, 0) is 6.18 Å². The lowest BCUT2D eigenvalue weighted by Gasteiger charge is -2.06. The van der Waals surface area contributed by atoms with Gasteiger partial charge in [0.25, 0.3) is 11.5 Å². The van der Waals surface area contributed by atoms with E-state index < -0.39 is 23.2 Å². The van der Waals surface area contributed by atoms with Gasteiger partial charge in [0.15, 0.2) is 5.69 Å². The molecule has 2 aromatic carbocycles. The standard InChI is InChI=1S/C17H11F3N4O2/c18-17(19,20)11-5-3-4-10(8-11)9-21-23-16(26)14-12-6-1-2-7-13(12)15(25)24-22-14/h1-9H,(H,23,26)(H,24,25)/b21-9+. The average molecular weight is 360 g/mol. The van der Waals surface area contributed by atoms with Crippen molar-refractivity contribution in [2.75, 3.05) is 0 Å². The van der Waals surface area contributed by atoms with Gasteiger partial charge in [-0.3, -0.25) is 9.59 Å². The first kappa shape index (κ1) is 17.3. The molecule has 0 radical (unpaired) electrons. The Kier molecular flexibility index (Phi) is 4.53. The molecule has 0 unspecified atom stereocenters. The number of hydrazone groups is 1. The minimum Gasteiger partial charge on any atom is -0.267 e. The summed E-state index contributed by atoms with van der Waals surface area (Å²) in [5.41, 5.74) is 1.04. The van der Waals surface area contributed by atoms with Gasteiger partial charge in [-0.05, 0) is 23.8 Å². The Bertz CT molecular complexity index is 1060. The summed E-state index contributed by atoms with van der Waals surface area (Å²) in [5.74, 6) is -0.708. The highest BCUT2D eigenvalue weighted by Gasteiger charge is 2.30. The summed E-state index contributed by atoms with van der Waals surface area (Å²) in [6, 6.07) is 10.9. The van der Waals surface area contributed by atoms with Crippen LogP contribution in [0.4, 0.5) is 13.2 Å². The first-order valence-corrected chi connectivity index (χ1v) is 7.34. The van der Waals surface area contributed by atoms with Crippen LogP contribution in [0, 0.1) is 0 Å². The van der Waals surface area contributed by atoms with Crippen LogP contribution in [0.1, 0.15) is 21.6 Å². The molecule has 0 bridgehead atoms. The summed E-state index contributed by atoms with van der Waals surface area (Å²) in [4.78, 5) is 23.9. The van der Waals surface area contributed by atoms with E-state index in [9.17, 15) is 22.8 Å². The van der Waals surface area contributed by atoms with Crippen molar-refractivity contribution in [3.8, 4) is 0 Å². The van der Waals surface area contributed by atoms with Gasteiger partial charge >= 0.3 is 6.18 Å². The van der Waals surface area contributed by atoms with Gasteiger partial charge in [-0.2, -0.15) is 23.4 Å². The molecule has 0 saturated carbocycles. The first-order chi connectivity index (χ1) is 12.4. The van der Waals surface area contributed by atoms with Crippen molar-refractivity contribution in [3.05, 3.63) is 75.7 Å². The molecule has 0 aliphatic rings. The number of H-pyrrole nitrogens is 1. The van der Waals surface area contributed by atoms with Gasteiger partial charge in [0.05, 0.1) is 17.2 Å². The number of amides is 1. The highest BCUT2D eigenvalue weighted by atomic mass is 19.4. The van der Waals surface area contributed by atoms with E-state index in [4.69, 9.17) is 0 Å². The zero-order valence-electron chi connectivity index (χ0n) is 13.0. The van der Waals surface area contributed by atoms with E-state index in [2.05, 4.69) is 20.7 Å². The number of fused-ring (bicyclic) bond motifs is 1. The van der Waals surface area contributed by atoms with Crippen LogP contribution in [0.25, 0.3) is 10.8 Å². The number of nitrogens with zero attached hydrogens (tertiary/aromatic N) is 2. The minimum atomic E-state index is -4.47. The molecule has 26 heavy (non-hydrogen) atoms. The van der Waals surface area contributed by atoms with E-state index in [1.165, 1.54) is 12.1 Å². The van der Waals surface area contributed by atoms with E-state index in [0.29, 0.717) is 5.39 Å². The number of aromatic nitrogens is 2. The van der Waals surface area contributed by atoms with Crippen molar-refractivity contribution in [1.82, 2.24) is 15.6 Å². The van der Waals surface area contributed by atoms with Gasteiger partial charge in [-0.25, -0.2) is 10.5 Å². The molecule has 1 amide bonds. The molecule has 1 heterocycles. The molecular weight excluding hydrogens is 349 g/mol. The second-order valence-electron chi connectivity index (χ2n) is 5.27. The molecule has 0 fully saturated rings. The van der Waals surface area contributed by atoms with Crippen LogP contribution in [0.3, 0.4) is 0 Å². The fourth-order valence-corrected chi connectivity index (χ4v) is 2.30. The lowest BCUT2D eigenvalue weighted by atomic mass is 10.1. The molecule has 0 spiro atoms. The summed E-state index contributed by atoms with van der Waals surface area (Å²) in [7, 11) is 0. The Labute approximate surface area is 144 Å². The Balaban J connectivity index is 1.81. The zero-order valence-corrected chi connectivity index (χ0v) is 13.0. The molecule has 0 aliphatic carbocycles. The summed E-state index contributed by atoms with van der Waals surface area (Å²) in [6.07, 6.45) is -3.38. The number of benzene rings is 2. The number of aromatic amines is 1. The first-order valence-electron chi connectivity index (χ1n) is 7.34. The number of alkyl halides is 3. The van der Waals surface area contributed by atoms with Crippen molar-refractivity contribution in [1.29, 1.82) is 0 Å². The monoisotopic (exact) mass is 360 g/mol. The number of halogens is 3.